The highest BCUT2D eigenvalue weighted by Gasteiger charge is 2.71. The second-order valence-corrected chi connectivity index (χ2v) is 13.9. The van der Waals surface area contributed by atoms with E-state index < -0.39 is 87.3 Å². The van der Waals surface area contributed by atoms with Crippen molar-refractivity contribution in [1.29, 1.82) is 0 Å². The van der Waals surface area contributed by atoms with Gasteiger partial charge in [0.2, 0.25) is 11.8 Å². The fraction of sp³-hybridized carbons (Fsp3) is 0.333. The van der Waals surface area contributed by atoms with Gasteiger partial charge in [0.1, 0.15) is 0 Å². The summed E-state index contributed by atoms with van der Waals surface area (Å²) in [6.07, 6.45) is -3.96. The van der Waals surface area contributed by atoms with E-state index in [2.05, 4.69) is 10.4 Å². The Morgan fingerprint density at radius 1 is 1.06 bits per heavy atom. The summed E-state index contributed by atoms with van der Waals surface area (Å²) >= 11 is 12.5. The number of carbonyl (C=O) groups is 5. The monoisotopic (exact) mass is 772 g/mol. The summed E-state index contributed by atoms with van der Waals surface area (Å²) in [5.41, 5.74) is 0.380. The molecular formula is C36H29Cl2F3N4O8. The zero-order valence-electron chi connectivity index (χ0n) is 27.8. The van der Waals surface area contributed by atoms with E-state index in [0.29, 0.717) is 38.3 Å². The molecule has 1 saturated carbocycles. The van der Waals surface area contributed by atoms with Gasteiger partial charge in [-0.25, -0.2) is 9.78 Å². The molecule has 53 heavy (non-hydrogen) atoms. The molecule has 3 aromatic rings. The Bertz CT molecular complexity index is 2110. The molecule has 2 saturated heterocycles. The molecule has 4 aliphatic rings. The second kappa shape index (κ2) is 13.1. The molecule has 2 aliphatic carbocycles. The van der Waals surface area contributed by atoms with Crippen molar-refractivity contribution < 1.29 is 51.7 Å². The number of phenolic OH excluding ortho intramolecular Hbond substituents is 1. The number of methoxy groups -OCH3 is 1. The van der Waals surface area contributed by atoms with E-state index in [-0.39, 0.29) is 36.5 Å². The quantitative estimate of drug-likeness (QED) is 0.217. The topological polar surface area (TPSA) is 155 Å². The largest absolute Gasteiger partial charge is 0.504 e. The lowest BCUT2D eigenvalue weighted by Gasteiger charge is -2.50. The Hall–Kier alpha value is -5.15. The zero-order valence-corrected chi connectivity index (χ0v) is 29.3. The Morgan fingerprint density at radius 2 is 1.77 bits per heavy atom. The lowest BCUT2D eigenvalue weighted by molar-refractivity contribution is -0.140. The van der Waals surface area contributed by atoms with Crippen molar-refractivity contribution in [2.45, 2.75) is 37.3 Å². The first kappa shape index (κ1) is 36.2. The van der Waals surface area contributed by atoms with E-state index >= 15 is 4.79 Å². The number of imide groups is 4. The molecule has 7 rings (SSSR count). The maximum absolute atomic E-state index is 15.2. The number of nitrogens with one attached hydrogen (secondary N) is 1. The van der Waals surface area contributed by atoms with Gasteiger partial charge < -0.3 is 14.6 Å². The molecule has 3 heterocycles. The first-order chi connectivity index (χ1) is 25.2. The molecule has 0 spiro atoms. The van der Waals surface area contributed by atoms with Crippen LogP contribution in [0.3, 0.4) is 0 Å². The number of hydrogen-bond acceptors (Lipinski definition) is 10. The van der Waals surface area contributed by atoms with Gasteiger partial charge in [-0.2, -0.15) is 23.1 Å². The Kier molecular flexibility index (Phi) is 8.92. The van der Waals surface area contributed by atoms with Crippen LogP contribution < -0.4 is 10.2 Å². The second-order valence-electron chi connectivity index (χ2n) is 13.0. The van der Waals surface area contributed by atoms with Crippen molar-refractivity contribution >= 4 is 58.7 Å². The van der Waals surface area contributed by atoms with E-state index in [1.807, 2.05) is 0 Å². The van der Waals surface area contributed by atoms with Crippen molar-refractivity contribution in [3.8, 4) is 11.5 Å². The summed E-state index contributed by atoms with van der Waals surface area (Å²) in [5, 5.41) is 12.2. The number of aromatic hydroxyl groups is 1. The van der Waals surface area contributed by atoms with Crippen molar-refractivity contribution in [3.05, 3.63) is 93.1 Å². The Labute approximate surface area is 309 Å². The highest BCUT2D eigenvalue weighted by molar-refractivity contribution is 6.33. The number of alkyl halides is 3. The maximum atomic E-state index is 15.2. The predicted octanol–water partition coefficient (Wildman–Crippen LogP) is 6.26. The number of ether oxygens (including phenoxy) is 2. The maximum Gasteiger partial charge on any atom is 0.423 e. The molecule has 5 amide bonds. The summed E-state index contributed by atoms with van der Waals surface area (Å²) < 4.78 is 50.7. The zero-order chi connectivity index (χ0) is 38.1. The third kappa shape index (κ3) is 5.42. The highest BCUT2D eigenvalue weighted by Crippen LogP contribution is 2.65. The van der Waals surface area contributed by atoms with Crippen molar-refractivity contribution in [1.82, 2.24) is 14.9 Å². The van der Waals surface area contributed by atoms with E-state index in [1.165, 1.54) is 18.2 Å². The minimum atomic E-state index is -4.78. The number of halogens is 5. The molecule has 2 aromatic carbocycles. The van der Waals surface area contributed by atoms with Gasteiger partial charge in [0.05, 0.1) is 47.5 Å². The molecule has 6 atom stereocenters. The van der Waals surface area contributed by atoms with E-state index in [0.717, 1.165) is 7.11 Å². The average Bonchev–Trinajstić information content (AvgIpc) is 3.50. The van der Waals surface area contributed by atoms with Crippen LogP contribution in [0.15, 0.2) is 66.4 Å². The number of amides is 5. The van der Waals surface area contributed by atoms with Gasteiger partial charge in [-0.05, 0) is 55.5 Å². The van der Waals surface area contributed by atoms with Crippen LogP contribution in [0.4, 0.5) is 23.8 Å². The van der Waals surface area contributed by atoms with Gasteiger partial charge in [-0.15, -0.1) is 0 Å². The van der Waals surface area contributed by atoms with E-state index in [4.69, 9.17) is 32.7 Å². The molecule has 2 N–H and O–H groups in total. The molecular weight excluding hydrogens is 744 g/mol. The molecule has 17 heteroatoms. The average molecular weight is 774 g/mol. The lowest BCUT2D eigenvalue weighted by atomic mass is 9.49. The van der Waals surface area contributed by atoms with Crippen molar-refractivity contribution in [3.63, 3.8) is 0 Å². The van der Waals surface area contributed by atoms with Gasteiger partial charge in [0.15, 0.2) is 17.3 Å². The number of nitrogens with zero attached hydrogens (tertiary/aromatic N) is 3. The molecule has 2 aliphatic heterocycles. The standard InChI is InChI=1S/C36H29Cl2F3N4O8/c1-3-53-25-6-4-5-21(28(25)46)27-19-11-12-20-26(32(49)44(30(20)47)34(51)52-2)22(19)14-23-31(48)45(33(50)35(23,27)16-7-9-18(37)10-8-16)43-29-24(38)13-17(15-42-29)36(39,40)41/h4-11,13,15,20,22-23,26-27,46H,3,12,14H2,1-2H3,(H,42,43)/t20-,22+,23-,26-,27+,35+/m0/s1. The number of allylic oxidation sites excluding steroid dienone is 2. The summed E-state index contributed by atoms with van der Waals surface area (Å²) in [4.78, 5) is 74.2. The van der Waals surface area contributed by atoms with Crippen LogP contribution >= 0.6 is 23.2 Å². The Balaban J connectivity index is 1.46. The van der Waals surface area contributed by atoms with Crippen LogP contribution in [0, 0.1) is 23.7 Å². The fourth-order valence-corrected chi connectivity index (χ4v) is 8.78. The predicted molar refractivity (Wildman–Crippen MR) is 180 cm³/mol. The molecule has 3 fully saturated rings. The van der Waals surface area contributed by atoms with Crippen LogP contribution in [-0.4, -0.2) is 63.4 Å². The SMILES string of the molecule is CCOc1cccc([C@H]2C3=CC[C@@H]4C(=O)N(C(=O)OC)C(=O)[C@@H]4[C@@H]3C[C@H]3C(=O)N(Nc4ncc(C(F)(F)F)cc4Cl)C(=O)[C@@]23c2ccc(Cl)cc2)c1O. The number of anilines is 1. The van der Waals surface area contributed by atoms with Crippen LogP contribution in [0.1, 0.15) is 42.4 Å². The highest BCUT2D eigenvalue weighted by atomic mass is 35.5. The Morgan fingerprint density at radius 3 is 2.42 bits per heavy atom. The lowest BCUT2D eigenvalue weighted by Crippen LogP contribution is -2.53. The summed E-state index contributed by atoms with van der Waals surface area (Å²) in [7, 11) is 1.03. The van der Waals surface area contributed by atoms with Crippen molar-refractivity contribution in [2.75, 3.05) is 19.1 Å². The van der Waals surface area contributed by atoms with Gasteiger partial charge in [0, 0.05) is 22.7 Å². The van der Waals surface area contributed by atoms with Crippen LogP contribution in [-0.2, 0) is 35.5 Å². The number of fused-ring (bicyclic) bond motifs is 4. The first-order valence-corrected chi connectivity index (χ1v) is 17.2. The summed E-state index contributed by atoms with van der Waals surface area (Å²) in [6.45, 7) is 1.87. The molecule has 276 valence electrons. The number of hydrazine groups is 1. The van der Waals surface area contributed by atoms with E-state index in [1.54, 1.807) is 37.3 Å². The van der Waals surface area contributed by atoms with Gasteiger partial charge in [-0.3, -0.25) is 24.6 Å². The molecule has 1 aromatic heterocycles. The molecule has 0 unspecified atom stereocenters. The number of carbonyl (C=O) groups excluding carboxylic acids is 5. The summed E-state index contributed by atoms with van der Waals surface area (Å²) in [5.74, 6) is -9.59. The van der Waals surface area contributed by atoms with Crippen molar-refractivity contribution in [2.24, 2.45) is 23.7 Å². The van der Waals surface area contributed by atoms with Gasteiger partial charge in [-0.1, -0.05) is 59.1 Å². The number of para-hydroxylation sites is 1. The number of phenols is 1. The number of rotatable bonds is 6. The summed E-state index contributed by atoms with van der Waals surface area (Å²) in [6, 6.07) is 11.4. The third-order valence-electron chi connectivity index (χ3n) is 10.6. The molecule has 0 bridgehead atoms. The number of pyridine rings is 1. The third-order valence-corrected chi connectivity index (χ3v) is 11.1. The molecule has 12 nitrogen and oxygen atoms in total. The van der Waals surface area contributed by atoms with Crippen LogP contribution in [0.5, 0.6) is 11.5 Å². The normalized spacial score (nSPS) is 26.5. The number of benzene rings is 2. The minimum absolute atomic E-state index is 0.0203. The smallest absolute Gasteiger partial charge is 0.423 e. The minimum Gasteiger partial charge on any atom is -0.504 e. The number of likely N-dealkylation sites (tertiary alicyclic amines) is 1. The number of aromatic nitrogens is 1. The van der Waals surface area contributed by atoms with Gasteiger partial charge in [0.25, 0.3) is 11.8 Å². The fourth-order valence-electron chi connectivity index (χ4n) is 8.44. The van der Waals surface area contributed by atoms with Crippen LogP contribution in [0.25, 0.3) is 0 Å². The van der Waals surface area contributed by atoms with E-state index in [9.17, 15) is 37.5 Å². The number of hydrogen-bond donors (Lipinski definition) is 2. The first-order valence-electron chi connectivity index (χ1n) is 16.4. The van der Waals surface area contributed by atoms with Gasteiger partial charge >= 0.3 is 12.3 Å². The van der Waals surface area contributed by atoms with Crippen LogP contribution in [0.2, 0.25) is 10.0 Å². The molecule has 0 radical (unpaired) electrons.